The lowest BCUT2D eigenvalue weighted by atomic mass is 10.2. The van der Waals surface area contributed by atoms with Crippen LogP contribution in [0, 0.1) is 0 Å². The lowest BCUT2D eigenvalue weighted by molar-refractivity contribution is 0.272. The summed E-state index contributed by atoms with van der Waals surface area (Å²) >= 11 is 3.49. The van der Waals surface area contributed by atoms with Crippen LogP contribution in [0.2, 0.25) is 0 Å². The third kappa shape index (κ3) is 7.14. The van der Waals surface area contributed by atoms with Crippen molar-refractivity contribution in [2.24, 2.45) is 10.2 Å². The van der Waals surface area contributed by atoms with Crippen LogP contribution >= 0.6 is 23.5 Å². The molecule has 2 aromatic rings. The van der Waals surface area contributed by atoms with Crippen LogP contribution in [0.5, 0.6) is 0 Å². The first-order valence-electron chi connectivity index (χ1n) is 8.39. The number of nitrogens with zero attached hydrogens (tertiary/aromatic N) is 4. The van der Waals surface area contributed by atoms with Crippen molar-refractivity contribution >= 4 is 36.0 Å². The Morgan fingerprint density at radius 2 is 1.04 bits per heavy atom. The third-order valence-corrected chi connectivity index (χ3v) is 5.27. The molecule has 0 unspecified atom stereocenters. The van der Waals surface area contributed by atoms with E-state index in [9.17, 15) is 0 Å². The molecule has 0 aliphatic heterocycles. The first-order chi connectivity index (χ1) is 12.6. The van der Waals surface area contributed by atoms with Gasteiger partial charge in [0.2, 0.25) is 0 Å². The monoisotopic (exact) mass is 386 g/mol. The molecule has 0 saturated heterocycles. The molecule has 0 fully saturated rings. The summed E-state index contributed by atoms with van der Waals surface area (Å²) in [6.07, 6.45) is 7.94. The van der Waals surface area contributed by atoms with Gasteiger partial charge in [-0.1, -0.05) is 24.3 Å². The Balaban J connectivity index is 1.77. The highest BCUT2D eigenvalue weighted by molar-refractivity contribution is 7.98. The maximum absolute atomic E-state index is 4.48. The third-order valence-electron chi connectivity index (χ3n) is 3.79. The first-order valence-corrected chi connectivity index (χ1v) is 10.8. The molecule has 0 saturated carbocycles. The van der Waals surface area contributed by atoms with Gasteiger partial charge in [0.15, 0.2) is 0 Å². The largest absolute Gasteiger partial charge is 0.298 e. The second-order valence-corrected chi connectivity index (χ2v) is 7.56. The fourth-order valence-corrected chi connectivity index (χ4v) is 2.93. The predicted molar refractivity (Wildman–Crippen MR) is 117 cm³/mol. The Morgan fingerprint density at radius 3 is 1.35 bits per heavy atom. The second-order valence-electron chi connectivity index (χ2n) is 5.80. The molecule has 0 aromatic heterocycles. The summed E-state index contributed by atoms with van der Waals surface area (Å²) in [5.41, 5.74) is 2.21. The summed E-state index contributed by atoms with van der Waals surface area (Å²) in [5, 5.41) is 12.8. The highest BCUT2D eigenvalue weighted by Crippen LogP contribution is 2.14. The smallest absolute Gasteiger partial charge is 0.0549 e. The van der Waals surface area contributed by atoms with Crippen LogP contribution in [0.1, 0.15) is 11.1 Å². The standard InChI is InChI=1S/C20H26N4S2/c1-23(21-15-17-5-9-19(25-3)10-6-17)13-14-24(2)22-16-18-7-11-20(26-4)12-8-18/h5-12,15-16H,13-14H2,1-4H3/b21-15-,22-16-. The molecule has 0 atom stereocenters. The van der Waals surface area contributed by atoms with E-state index in [4.69, 9.17) is 0 Å². The van der Waals surface area contributed by atoms with Crippen molar-refractivity contribution in [2.75, 3.05) is 39.7 Å². The highest BCUT2D eigenvalue weighted by Gasteiger charge is 1.98. The van der Waals surface area contributed by atoms with Crippen LogP contribution in [0.15, 0.2) is 68.5 Å². The van der Waals surface area contributed by atoms with Crippen LogP contribution < -0.4 is 0 Å². The molecule has 2 aromatic carbocycles. The number of hydrazone groups is 2. The van der Waals surface area contributed by atoms with Crippen molar-refractivity contribution < 1.29 is 0 Å². The van der Waals surface area contributed by atoms with Gasteiger partial charge in [-0.15, -0.1) is 23.5 Å². The van der Waals surface area contributed by atoms with Crippen molar-refractivity contribution in [2.45, 2.75) is 9.79 Å². The van der Waals surface area contributed by atoms with Gasteiger partial charge in [0, 0.05) is 23.9 Å². The molecule has 0 aliphatic rings. The van der Waals surface area contributed by atoms with E-state index in [0.717, 1.165) is 24.2 Å². The van der Waals surface area contributed by atoms with Crippen molar-refractivity contribution in [3.63, 3.8) is 0 Å². The molecule has 0 amide bonds. The number of rotatable bonds is 9. The lowest BCUT2D eigenvalue weighted by Crippen LogP contribution is -2.25. The van der Waals surface area contributed by atoms with Gasteiger partial charge in [0.1, 0.15) is 0 Å². The van der Waals surface area contributed by atoms with E-state index >= 15 is 0 Å². The summed E-state index contributed by atoms with van der Waals surface area (Å²) in [6, 6.07) is 16.8. The van der Waals surface area contributed by atoms with Gasteiger partial charge in [-0.3, -0.25) is 10.0 Å². The maximum atomic E-state index is 4.48. The van der Waals surface area contributed by atoms with Gasteiger partial charge in [-0.25, -0.2) is 0 Å². The van der Waals surface area contributed by atoms with Crippen molar-refractivity contribution in [3.05, 3.63) is 59.7 Å². The van der Waals surface area contributed by atoms with Crippen molar-refractivity contribution in [3.8, 4) is 0 Å². The quantitative estimate of drug-likeness (QED) is 0.364. The average Bonchev–Trinajstić information content (AvgIpc) is 2.69. The summed E-state index contributed by atoms with van der Waals surface area (Å²) in [4.78, 5) is 2.52. The van der Waals surface area contributed by atoms with Gasteiger partial charge in [-0.05, 0) is 47.9 Å². The van der Waals surface area contributed by atoms with E-state index in [2.05, 4.69) is 71.2 Å². The first kappa shape index (κ1) is 20.4. The number of thioether (sulfide) groups is 2. The lowest BCUT2D eigenvalue weighted by Gasteiger charge is -2.17. The molecule has 0 aliphatic carbocycles. The SMILES string of the molecule is CSc1ccc(/C=N\N(C)CCN(C)/N=C\c2ccc(SC)cc2)cc1. The summed E-state index contributed by atoms with van der Waals surface area (Å²) in [5.74, 6) is 0. The van der Waals surface area contributed by atoms with Gasteiger partial charge in [0.25, 0.3) is 0 Å². The van der Waals surface area contributed by atoms with E-state index < -0.39 is 0 Å². The number of benzene rings is 2. The molecule has 138 valence electrons. The molecular weight excluding hydrogens is 360 g/mol. The molecule has 2 rings (SSSR count). The second kappa shape index (κ2) is 10.9. The molecule has 4 nitrogen and oxygen atoms in total. The Kier molecular flexibility index (Phi) is 8.58. The van der Waals surface area contributed by atoms with E-state index in [-0.39, 0.29) is 0 Å². The zero-order valence-electron chi connectivity index (χ0n) is 15.8. The van der Waals surface area contributed by atoms with Crippen molar-refractivity contribution in [1.82, 2.24) is 10.0 Å². The topological polar surface area (TPSA) is 31.2 Å². The average molecular weight is 387 g/mol. The van der Waals surface area contributed by atoms with E-state index in [1.807, 2.05) is 36.5 Å². The van der Waals surface area contributed by atoms with E-state index in [1.54, 1.807) is 23.5 Å². The zero-order valence-corrected chi connectivity index (χ0v) is 17.4. The number of hydrogen-bond donors (Lipinski definition) is 0. The Labute approximate surface area is 165 Å². The normalized spacial score (nSPS) is 11.4. The minimum absolute atomic E-state index is 0.804. The van der Waals surface area contributed by atoms with E-state index in [1.165, 1.54) is 9.79 Å². The highest BCUT2D eigenvalue weighted by atomic mass is 32.2. The summed E-state index contributed by atoms with van der Waals surface area (Å²) in [6.45, 7) is 1.61. The summed E-state index contributed by atoms with van der Waals surface area (Å²) in [7, 11) is 3.96. The van der Waals surface area contributed by atoms with Crippen LogP contribution in [0.4, 0.5) is 0 Å². The Bertz CT molecular complexity index is 648. The molecule has 0 bridgehead atoms. The van der Waals surface area contributed by atoms with Gasteiger partial charge in [0.05, 0.1) is 25.5 Å². The van der Waals surface area contributed by atoms with Crippen LogP contribution in [0.25, 0.3) is 0 Å². The molecule has 6 heteroatoms. The molecule has 0 heterocycles. The van der Waals surface area contributed by atoms with Gasteiger partial charge < -0.3 is 0 Å². The molecule has 26 heavy (non-hydrogen) atoms. The van der Waals surface area contributed by atoms with Crippen LogP contribution in [-0.2, 0) is 0 Å². The summed E-state index contributed by atoms with van der Waals surface area (Å²) < 4.78 is 0. The predicted octanol–water partition coefficient (Wildman–Crippen LogP) is 4.36. The van der Waals surface area contributed by atoms with Gasteiger partial charge in [-0.2, -0.15) is 10.2 Å². The molecule has 0 spiro atoms. The Hall–Kier alpha value is -1.92. The molecule has 0 N–H and O–H groups in total. The van der Waals surface area contributed by atoms with Gasteiger partial charge >= 0.3 is 0 Å². The zero-order chi connectivity index (χ0) is 18.8. The molecule has 0 radical (unpaired) electrons. The minimum Gasteiger partial charge on any atom is -0.298 e. The van der Waals surface area contributed by atoms with Crippen molar-refractivity contribution in [1.29, 1.82) is 0 Å². The van der Waals surface area contributed by atoms with Crippen LogP contribution in [-0.4, -0.2) is 62.1 Å². The fraction of sp³-hybridized carbons (Fsp3) is 0.300. The van der Waals surface area contributed by atoms with E-state index in [0.29, 0.717) is 0 Å². The van der Waals surface area contributed by atoms with Crippen LogP contribution in [0.3, 0.4) is 0 Å². The number of hydrogen-bond acceptors (Lipinski definition) is 6. The fourth-order valence-electron chi connectivity index (χ4n) is 2.12. The minimum atomic E-state index is 0.804. The number of likely N-dealkylation sites (N-methyl/N-ethyl adjacent to an activating group) is 2. The Morgan fingerprint density at radius 1 is 0.692 bits per heavy atom. The molecular formula is C20H26N4S2. The maximum Gasteiger partial charge on any atom is 0.0549 e.